The minimum Gasteiger partial charge on any atom is -0.394 e. The average molecular weight is 292 g/mol. The first-order valence-electron chi connectivity index (χ1n) is 6.18. The summed E-state index contributed by atoms with van der Waals surface area (Å²) in [7, 11) is 0. The predicted molar refractivity (Wildman–Crippen MR) is 70.9 cm³/mol. The first-order chi connectivity index (χ1) is 10.1. The lowest BCUT2D eigenvalue weighted by Gasteiger charge is -2.25. The lowest BCUT2D eigenvalue weighted by molar-refractivity contribution is -0.104. The Morgan fingerprint density at radius 3 is 3.24 bits per heavy atom. The highest BCUT2D eigenvalue weighted by atomic mass is 16.6. The number of nitrogens with two attached hydrogens (primary N) is 1. The van der Waals surface area contributed by atoms with Crippen LogP contribution in [0.5, 0.6) is 0 Å². The minimum atomic E-state index is -1.41. The van der Waals surface area contributed by atoms with Crippen molar-refractivity contribution in [2.24, 2.45) is 5.11 Å². The van der Waals surface area contributed by atoms with Crippen molar-refractivity contribution in [3.8, 4) is 0 Å². The molecule has 21 heavy (non-hydrogen) atoms. The van der Waals surface area contributed by atoms with E-state index in [1.54, 1.807) is 0 Å². The van der Waals surface area contributed by atoms with Crippen molar-refractivity contribution < 1.29 is 9.84 Å². The number of rotatable bonds is 3. The van der Waals surface area contributed by atoms with E-state index >= 15 is 0 Å². The van der Waals surface area contributed by atoms with Gasteiger partial charge < -0.3 is 15.6 Å². The number of aromatic amines is 1. The highest BCUT2D eigenvalue weighted by Crippen LogP contribution is 2.37. The number of hydrogen-bond donors (Lipinski definition) is 3. The molecule has 1 aliphatic rings. The summed E-state index contributed by atoms with van der Waals surface area (Å²) in [4.78, 5) is 24.9. The maximum Gasteiger partial charge on any atom is 0.280 e. The number of nitrogen functional groups attached to an aromatic ring is 1. The number of nitrogens with one attached hydrogen (secondary N) is 1. The molecule has 11 nitrogen and oxygen atoms in total. The van der Waals surface area contributed by atoms with E-state index in [1.165, 1.54) is 10.9 Å². The molecule has 3 heterocycles. The molecule has 2 aromatic heterocycles. The Balaban J connectivity index is 2.22. The minimum absolute atomic E-state index is 0.0627. The third-order valence-electron chi connectivity index (χ3n) is 3.35. The van der Waals surface area contributed by atoms with Crippen LogP contribution in [0.15, 0.2) is 16.2 Å². The molecular formula is C10H12N8O3. The van der Waals surface area contributed by atoms with E-state index in [4.69, 9.17) is 16.0 Å². The summed E-state index contributed by atoms with van der Waals surface area (Å²) in [5, 5.41) is 12.9. The van der Waals surface area contributed by atoms with Crippen LogP contribution in [0.1, 0.15) is 12.8 Å². The van der Waals surface area contributed by atoms with Gasteiger partial charge in [-0.2, -0.15) is 4.98 Å². The van der Waals surface area contributed by atoms with Crippen LogP contribution in [0, 0.1) is 0 Å². The zero-order valence-corrected chi connectivity index (χ0v) is 10.8. The number of anilines is 1. The summed E-state index contributed by atoms with van der Waals surface area (Å²) in [6.07, 6.45) is 1.66. The molecule has 2 aromatic rings. The normalized spacial score (nSPS) is 25.1. The molecule has 11 heteroatoms. The number of aliphatic hydroxyl groups excluding tert-OH is 1. The van der Waals surface area contributed by atoms with Gasteiger partial charge >= 0.3 is 0 Å². The summed E-state index contributed by atoms with van der Waals surface area (Å²) in [5.74, 6) is -1.49. The lowest BCUT2D eigenvalue weighted by atomic mass is 10.2. The number of fused-ring (bicyclic) bond motifs is 1. The van der Waals surface area contributed by atoms with Gasteiger partial charge in [0.05, 0.1) is 19.0 Å². The van der Waals surface area contributed by atoms with Crippen LogP contribution in [0.4, 0.5) is 5.95 Å². The van der Waals surface area contributed by atoms with Crippen molar-refractivity contribution in [3.05, 3.63) is 27.1 Å². The summed E-state index contributed by atoms with van der Waals surface area (Å²) in [6.45, 7) is -0.203. The molecule has 0 amide bonds. The van der Waals surface area contributed by atoms with Crippen LogP contribution in [0.2, 0.25) is 0 Å². The zero-order valence-electron chi connectivity index (χ0n) is 10.8. The van der Waals surface area contributed by atoms with Gasteiger partial charge in [0.1, 0.15) is 0 Å². The molecule has 0 aliphatic carbocycles. The number of ether oxygens (including phenoxy) is 1. The fourth-order valence-electron chi connectivity index (χ4n) is 2.41. The topological polar surface area (TPSA) is 168 Å². The van der Waals surface area contributed by atoms with Crippen LogP contribution in [-0.4, -0.2) is 37.3 Å². The van der Waals surface area contributed by atoms with E-state index in [0.717, 1.165) is 0 Å². The van der Waals surface area contributed by atoms with Crippen molar-refractivity contribution in [2.45, 2.75) is 24.8 Å². The SMILES string of the molecule is [N-]=[N+]=N[C@]1(n2cnc3c(=O)[nH]c(N)nc32)CC[C@@H](CO)O1. The second-order valence-corrected chi connectivity index (χ2v) is 4.63. The van der Waals surface area contributed by atoms with Crippen molar-refractivity contribution in [3.63, 3.8) is 0 Å². The Bertz CT molecular complexity index is 791. The van der Waals surface area contributed by atoms with E-state index in [0.29, 0.717) is 12.8 Å². The molecule has 0 spiro atoms. The van der Waals surface area contributed by atoms with Gasteiger partial charge in [0.15, 0.2) is 11.2 Å². The highest BCUT2D eigenvalue weighted by molar-refractivity contribution is 5.70. The highest BCUT2D eigenvalue weighted by Gasteiger charge is 2.42. The Kier molecular flexibility index (Phi) is 3.01. The van der Waals surface area contributed by atoms with Gasteiger partial charge in [-0.05, 0) is 17.1 Å². The number of hydrogen-bond acceptors (Lipinski definition) is 7. The van der Waals surface area contributed by atoms with Gasteiger partial charge in [0.2, 0.25) is 11.8 Å². The van der Waals surface area contributed by atoms with Crippen LogP contribution in [0.3, 0.4) is 0 Å². The van der Waals surface area contributed by atoms with Gasteiger partial charge in [-0.25, -0.2) is 4.98 Å². The van der Waals surface area contributed by atoms with Crippen molar-refractivity contribution in [1.29, 1.82) is 0 Å². The fourth-order valence-corrected chi connectivity index (χ4v) is 2.41. The molecule has 0 aromatic carbocycles. The number of nitrogens with zero attached hydrogens (tertiary/aromatic N) is 6. The molecule has 0 saturated carbocycles. The molecule has 110 valence electrons. The van der Waals surface area contributed by atoms with Gasteiger partial charge in [-0.15, -0.1) is 0 Å². The van der Waals surface area contributed by atoms with Gasteiger partial charge in [-0.1, -0.05) is 0 Å². The largest absolute Gasteiger partial charge is 0.394 e. The number of azide groups is 1. The number of aliphatic hydroxyl groups is 1. The molecule has 1 fully saturated rings. The maximum absolute atomic E-state index is 11.8. The Morgan fingerprint density at radius 2 is 2.57 bits per heavy atom. The third-order valence-corrected chi connectivity index (χ3v) is 3.35. The summed E-state index contributed by atoms with van der Waals surface area (Å²) >= 11 is 0. The molecule has 4 N–H and O–H groups in total. The average Bonchev–Trinajstić information content (AvgIpc) is 3.04. The molecule has 3 rings (SSSR count). The van der Waals surface area contributed by atoms with Crippen LogP contribution in [-0.2, 0) is 10.6 Å². The summed E-state index contributed by atoms with van der Waals surface area (Å²) < 4.78 is 6.99. The van der Waals surface area contributed by atoms with Gasteiger partial charge in [-0.3, -0.25) is 14.3 Å². The number of H-pyrrole nitrogens is 1. The second kappa shape index (κ2) is 4.74. The van der Waals surface area contributed by atoms with E-state index in [2.05, 4.69) is 25.0 Å². The van der Waals surface area contributed by atoms with Crippen molar-refractivity contribution >= 4 is 17.1 Å². The molecule has 0 unspecified atom stereocenters. The Labute approximate surface area is 117 Å². The summed E-state index contributed by atoms with van der Waals surface area (Å²) in [5.41, 5.74) is 14.1. The molecular weight excluding hydrogens is 280 g/mol. The second-order valence-electron chi connectivity index (χ2n) is 4.63. The first kappa shape index (κ1) is 13.4. The van der Waals surface area contributed by atoms with Crippen LogP contribution in [0.25, 0.3) is 21.6 Å². The van der Waals surface area contributed by atoms with Crippen molar-refractivity contribution in [2.75, 3.05) is 12.3 Å². The zero-order chi connectivity index (χ0) is 15.0. The van der Waals surface area contributed by atoms with E-state index < -0.39 is 17.5 Å². The van der Waals surface area contributed by atoms with Crippen LogP contribution < -0.4 is 11.3 Å². The van der Waals surface area contributed by atoms with Crippen LogP contribution >= 0.6 is 0 Å². The Morgan fingerprint density at radius 1 is 1.76 bits per heavy atom. The lowest BCUT2D eigenvalue weighted by Crippen LogP contribution is -2.32. The third kappa shape index (κ3) is 2.00. The molecule has 0 bridgehead atoms. The Hall–Kier alpha value is -2.62. The molecule has 1 aliphatic heterocycles. The smallest absolute Gasteiger partial charge is 0.280 e. The van der Waals surface area contributed by atoms with Gasteiger partial charge in [0.25, 0.3) is 5.56 Å². The van der Waals surface area contributed by atoms with Gasteiger partial charge in [0, 0.05) is 11.3 Å². The molecule has 2 atom stereocenters. The first-order valence-corrected chi connectivity index (χ1v) is 6.18. The molecule has 0 radical (unpaired) electrons. The number of imidazole rings is 1. The standard InChI is InChI=1S/C10H12N8O3/c11-9-14-7-6(8(20)15-9)13-4-18(7)10(16-17-12)2-1-5(3-19)21-10/h4-5,19H,1-3H2,(H3,11,14,15,20)/t5-,10-/m0/s1. The predicted octanol–water partition coefficient (Wildman–Crippen LogP) is -0.206. The fraction of sp³-hybridized carbons (Fsp3) is 0.500. The van der Waals surface area contributed by atoms with E-state index in [1.807, 2.05) is 0 Å². The molecule has 1 saturated heterocycles. The van der Waals surface area contributed by atoms with E-state index in [-0.39, 0.29) is 23.7 Å². The quantitative estimate of drug-likeness (QED) is 0.401. The summed E-state index contributed by atoms with van der Waals surface area (Å²) in [6, 6.07) is 0. The monoisotopic (exact) mass is 292 g/mol. The van der Waals surface area contributed by atoms with Crippen molar-refractivity contribution in [1.82, 2.24) is 19.5 Å². The number of aromatic nitrogens is 4. The van der Waals surface area contributed by atoms with E-state index in [9.17, 15) is 9.90 Å². The maximum atomic E-state index is 11.8.